The van der Waals surface area contributed by atoms with Gasteiger partial charge in [-0.15, -0.1) is 0 Å². The average molecular weight is 265 g/mol. The zero-order valence-electron chi connectivity index (χ0n) is 9.64. The predicted octanol–water partition coefficient (Wildman–Crippen LogP) is 2.12. The summed E-state index contributed by atoms with van der Waals surface area (Å²) < 4.78 is 28.4. The number of halogens is 2. The number of hydrogen-bond acceptors (Lipinski definition) is 2. The van der Waals surface area contributed by atoms with Crippen LogP contribution in [0.25, 0.3) is 10.9 Å². The van der Waals surface area contributed by atoms with Crippen LogP contribution in [0, 0.1) is 5.95 Å². The molecule has 1 aromatic carbocycles. The summed E-state index contributed by atoms with van der Waals surface area (Å²) in [7, 11) is 0. The maximum Gasteiger partial charge on any atom is 0.344 e. The molecule has 4 nitrogen and oxygen atoms in total. The predicted molar refractivity (Wildman–Crippen MR) is 63.7 cm³/mol. The lowest BCUT2D eigenvalue weighted by molar-refractivity contribution is 0.0688. The van der Waals surface area contributed by atoms with Gasteiger partial charge in [0.05, 0.1) is 11.6 Å². The monoisotopic (exact) mass is 265 g/mol. The molecular formula is C13H9F2NO3. The molecule has 2 atom stereocenters. The molecule has 0 spiro atoms. The van der Waals surface area contributed by atoms with Gasteiger partial charge in [-0.1, -0.05) is 12.1 Å². The first-order valence-corrected chi connectivity index (χ1v) is 5.72. The number of nitrogens with zero attached hydrogens (tertiary/aromatic N) is 1. The Hall–Kier alpha value is -2.24. The second-order valence-corrected chi connectivity index (χ2v) is 4.51. The molecule has 0 aliphatic heterocycles. The van der Waals surface area contributed by atoms with Crippen molar-refractivity contribution in [1.29, 1.82) is 0 Å². The minimum absolute atomic E-state index is 0.0837. The molecule has 1 N–H and O–H groups in total. The SMILES string of the molecule is O=C(O)c1c(F)n([C@@H]2C[C@@H]2F)c2ccccc2c1=O. The highest BCUT2D eigenvalue weighted by Gasteiger charge is 2.42. The maximum atomic E-state index is 14.2. The van der Waals surface area contributed by atoms with Gasteiger partial charge in [0, 0.05) is 11.8 Å². The molecule has 3 rings (SSSR count). The second-order valence-electron chi connectivity index (χ2n) is 4.51. The van der Waals surface area contributed by atoms with E-state index < -0.39 is 35.1 Å². The average Bonchev–Trinajstić information content (AvgIpc) is 3.06. The van der Waals surface area contributed by atoms with Crippen molar-refractivity contribution in [3.05, 3.63) is 46.0 Å². The van der Waals surface area contributed by atoms with Crippen molar-refractivity contribution in [3.63, 3.8) is 0 Å². The van der Waals surface area contributed by atoms with Crippen molar-refractivity contribution < 1.29 is 18.7 Å². The van der Waals surface area contributed by atoms with E-state index in [0.29, 0.717) is 0 Å². The van der Waals surface area contributed by atoms with Gasteiger partial charge >= 0.3 is 5.97 Å². The molecule has 0 unspecified atom stereocenters. The lowest BCUT2D eigenvalue weighted by Crippen LogP contribution is -2.23. The number of carboxylic acid groups (broad SMARTS) is 1. The van der Waals surface area contributed by atoms with Crippen molar-refractivity contribution >= 4 is 16.9 Å². The van der Waals surface area contributed by atoms with Crippen LogP contribution < -0.4 is 5.43 Å². The Labute approximate surface area is 105 Å². The van der Waals surface area contributed by atoms with Gasteiger partial charge in [-0.2, -0.15) is 4.39 Å². The van der Waals surface area contributed by atoms with Crippen LogP contribution in [0.3, 0.4) is 0 Å². The normalized spacial score (nSPS) is 21.6. The highest BCUT2D eigenvalue weighted by molar-refractivity contribution is 5.93. The summed E-state index contributed by atoms with van der Waals surface area (Å²) in [6.07, 6.45) is -1.08. The lowest BCUT2D eigenvalue weighted by atomic mass is 10.1. The summed E-state index contributed by atoms with van der Waals surface area (Å²) >= 11 is 0. The smallest absolute Gasteiger partial charge is 0.344 e. The zero-order valence-corrected chi connectivity index (χ0v) is 9.64. The summed E-state index contributed by atoms with van der Waals surface area (Å²) in [6, 6.07) is 5.31. The molecule has 0 saturated heterocycles. The Balaban J connectivity index is 2.46. The number of para-hydroxylation sites is 1. The van der Waals surface area contributed by atoms with E-state index in [1.165, 1.54) is 12.1 Å². The summed E-state index contributed by atoms with van der Waals surface area (Å²) in [4.78, 5) is 23.0. The third kappa shape index (κ3) is 1.63. The number of alkyl halides is 1. The Bertz CT molecular complexity index is 753. The van der Waals surface area contributed by atoms with Gasteiger partial charge in [0.15, 0.2) is 5.56 Å². The van der Waals surface area contributed by atoms with E-state index in [1.54, 1.807) is 12.1 Å². The standard InChI is InChI=1S/C13H9F2NO3/c14-7-5-9(7)16-8-4-2-1-3-6(8)11(17)10(12(16)15)13(18)19/h1-4,7,9H,5H2,(H,18,19)/t7-,9+/m0/s1. The van der Waals surface area contributed by atoms with Crippen LogP contribution >= 0.6 is 0 Å². The van der Waals surface area contributed by atoms with Gasteiger partial charge in [0.25, 0.3) is 0 Å². The number of carboxylic acids is 1. The van der Waals surface area contributed by atoms with Gasteiger partial charge in [-0.25, -0.2) is 9.18 Å². The Morgan fingerprint density at radius 2 is 2.00 bits per heavy atom. The molecule has 0 radical (unpaired) electrons. The van der Waals surface area contributed by atoms with E-state index in [-0.39, 0.29) is 17.3 Å². The van der Waals surface area contributed by atoms with E-state index in [1.807, 2.05) is 0 Å². The summed E-state index contributed by atoms with van der Waals surface area (Å²) in [6.45, 7) is 0. The number of rotatable bonds is 2. The quantitative estimate of drug-likeness (QED) is 0.846. The van der Waals surface area contributed by atoms with Crippen LogP contribution in [-0.4, -0.2) is 21.8 Å². The first-order valence-electron chi connectivity index (χ1n) is 5.72. The Morgan fingerprint density at radius 1 is 1.37 bits per heavy atom. The van der Waals surface area contributed by atoms with Crippen LogP contribution in [-0.2, 0) is 0 Å². The van der Waals surface area contributed by atoms with Gasteiger partial charge in [0.1, 0.15) is 6.17 Å². The molecule has 1 aromatic heterocycles. The van der Waals surface area contributed by atoms with Crippen molar-refractivity contribution in [1.82, 2.24) is 4.57 Å². The highest BCUT2D eigenvalue weighted by atomic mass is 19.1. The highest BCUT2D eigenvalue weighted by Crippen LogP contribution is 2.41. The number of aromatic carboxylic acids is 1. The zero-order chi connectivity index (χ0) is 13.7. The van der Waals surface area contributed by atoms with Crippen LogP contribution in [0.2, 0.25) is 0 Å². The van der Waals surface area contributed by atoms with Gasteiger partial charge in [-0.3, -0.25) is 4.79 Å². The Kier molecular flexibility index (Phi) is 2.41. The fourth-order valence-corrected chi connectivity index (χ4v) is 2.26. The van der Waals surface area contributed by atoms with E-state index in [9.17, 15) is 18.4 Å². The molecule has 0 bridgehead atoms. The molecule has 98 valence electrons. The third-order valence-corrected chi connectivity index (χ3v) is 3.28. The minimum atomic E-state index is -1.64. The third-order valence-electron chi connectivity index (χ3n) is 3.28. The molecule has 6 heteroatoms. The largest absolute Gasteiger partial charge is 0.477 e. The fourth-order valence-electron chi connectivity index (χ4n) is 2.26. The summed E-state index contributed by atoms with van der Waals surface area (Å²) in [5.74, 6) is -2.82. The first-order chi connectivity index (χ1) is 9.02. The van der Waals surface area contributed by atoms with Crippen LogP contribution in [0.15, 0.2) is 29.1 Å². The molecule has 1 aliphatic carbocycles. The van der Waals surface area contributed by atoms with E-state index in [2.05, 4.69) is 0 Å². The molecule has 19 heavy (non-hydrogen) atoms. The molecular weight excluding hydrogens is 256 g/mol. The number of carbonyl (C=O) groups is 1. The van der Waals surface area contributed by atoms with Gasteiger partial charge < -0.3 is 9.67 Å². The fraction of sp³-hybridized carbons (Fsp3) is 0.231. The van der Waals surface area contributed by atoms with Crippen molar-refractivity contribution in [3.8, 4) is 0 Å². The molecule has 1 saturated carbocycles. The van der Waals surface area contributed by atoms with E-state index >= 15 is 0 Å². The first kappa shape index (κ1) is 11.8. The number of pyridine rings is 1. The minimum Gasteiger partial charge on any atom is -0.477 e. The Morgan fingerprint density at radius 3 is 2.58 bits per heavy atom. The molecule has 0 amide bonds. The van der Waals surface area contributed by atoms with Crippen LogP contribution in [0.4, 0.5) is 8.78 Å². The van der Waals surface area contributed by atoms with Crippen LogP contribution in [0.5, 0.6) is 0 Å². The summed E-state index contributed by atoms with van der Waals surface area (Å²) in [5, 5.41) is 9.04. The summed E-state index contributed by atoms with van der Waals surface area (Å²) in [5.41, 5.74) is -1.59. The maximum absolute atomic E-state index is 14.2. The number of aromatic nitrogens is 1. The topological polar surface area (TPSA) is 59.3 Å². The molecule has 1 fully saturated rings. The van der Waals surface area contributed by atoms with E-state index in [4.69, 9.17) is 5.11 Å². The van der Waals surface area contributed by atoms with Crippen LogP contribution in [0.1, 0.15) is 22.8 Å². The van der Waals surface area contributed by atoms with Gasteiger partial charge in [0.2, 0.25) is 11.4 Å². The van der Waals surface area contributed by atoms with E-state index in [0.717, 1.165) is 4.57 Å². The molecule has 1 heterocycles. The number of benzene rings is 1. The van der Waals surface area contributed by atoms with Crippen molar-refractivity contribution in [2.24, 2.45) is 0 Å². The molecule has 1 aliphatic rings. The lowest BCUT2D eigenvalue weighted by Gasteiger charge is -2.13. The number of hydrogen-bond donors (Lipinski definition) is 1. The number of fused-ring (bicyclic) bond motifs is 1. The second kappa shape index (κ2) is 3.88. The van der Waals surface area contributed by atoms with Gasteiger partial charge in [-0.05, 0) is 12.1 Å². The van der Waals surface area contributed by atoms with Crippen molar-refractivity contribution in [2.75, 3.05) is 0 Å². The van der Waals surface area contributed by atoms with Crippen molar-refractivity contribution in [2.45, 2.75) is 18.6 Å². The molecule has 2 aromatic rings.